The predicted octanol–water partition coefficient (Wildman–Crippen LogP) is 1.98. The predicted molar refractivity (Wildman–Crippen MR) is 65.9 cm³/mol. The molecule has 0 aliphatic rings. The first-order chi connectivity index (χ1) is 6.98. The van der Waals surface area contributed by atoms with Gasteiger partial charge < -0.3 is 10.6 Å². The van der Waals surface area contributed by atoms with Crippen molar-refractivity contribution in [3.05, 3.63) is 35.4 Å². The molecule has 0 aromatic heterocycles. The molecule has 0 heterocycles. The van der Waals surface area contributed by atoms with Gasteiger partial charge in [-0.3, -0.25) is 0 Å². The van der Waals surface area contributed by atoms with Crippen molar-refractivity contribution in [3.8, 4) is 0 Å². The number of benzene rings is 1. The maximum Gasteiger partial charge on any atom is 0.0398 e. The Bertz CT molecular complexity index is 316. The quantitative estimate of drug-likeness (QED) is 0.816. The van der Waals surface area contributed by atoms with Gasteiger partial charge in [0.05, 0.1) is 0 Å². The van der Waals surface area contributed by atoms with E-state index in [0.29, 0.717) is 6.54 Å². The summed E-state index contributed by atoms with van der Waals surface area (Å²) in [5.74, 6) is 0. The second-order valence-electron chi connectivity index (χ2n) is 4.69. The minimum absolute atomic E-state index is 0.0740. The molecule has 0 aliphatic carbocycles. The lowest BCUT2D eigenvalue weighted by molar-refractivity contribution is 0.197. The van der Waals surface area contributed by atoms with E-state index in [0.717, 1.165) is 6.42 Å². The van der Waals surface area contributed by atoms with Gasteiger partial charge in [-0.1, -0.05) is 24.3 Å². The van der Waals surface area contributed by atoms with Gasteiger partial charge in [0.2, 0.25) is 0 Å². The summed E-state index contributed by atoms with van der Waals surface area (Å²) in [6.45, 7) is 5.18. The third kappa shape index (κ3) is 2.80. The zero-order chi connectivity index (χ0) is 11.5. The normalized spacial score (nSPS) is 12.1. The van der Waals surface area contributed by atoms with Crippen LogP contribution < -0.4 is 5.73 Å². The molecule has 2 N–H and O–H groups in total. The van der Waals surface area contributed by atoms with E-state index in [1.807, 2.05) is 0 Å². The Kier molecular flexibility index (Phi) is 3.89. The van der Waals surface area contributed by atoms with E-state index in [9.17, 15) is 0 Å². The molecular formula is C13H22N2. The second kappa shape index (κ2) is 4.77. The van der Waals surface area contributed by atoms with Gasteiger partial charge in [-0.15, -0.1) is 0 Å². The Labute approximate surface area is 93.1 Å². The molecule has 0 spiro atoms. The summed E-state index contributed by atoms with van der Waals surface area (Å²) >= 11 is 0. The molecule has 0 saturated heterocycles. The van der Waals surface area contributed by atoms with Gasteiger partial charge in [-0.2, -0.15) is 0 Å². The van der Waals surface area contributed by atoms with E-state index < -0.39 is 0 Å². The average molecular weight is 206 g/mol. The molecule has 0 amide bonds. The SMILES string of the molecule is CN(C)C(C)(C)c1cccc(CCN)c1. The van der Waals surface area contributed by atoms with Crippen LogP contribution in [0.25, 0.3) is 0 Å². The lowest BCUT2D eigenvalue weighted by Gasteiger charge is -2.33. The fourth-order valence-electron chi connectivity index (χ4n) is 1.53. The number of nitrogens with zero attached hydrogens (tertiary/aromatic N) is 1. The van der Waals surface area contributed by atoms with Crippen molar-refractivity contribution in [2.45, 2.75) is 25.8 Å². The minimum Gasteiger partial charge on any atom is -0.330 e. The Balaban J connectivity index is 2.99. The molecule has 0 atom stereocenters. The van der Waals surface area contributed by atoms with Crippen molar-refractivity contribution in [3.63, 3.8) is 0 Å². The summed E-state index contributed by atoms with van der Waals surface area (Å²) in [6, 6.07) is 8.69. The van der Waals surface area contributed by atoms with Crippen LogP contribution in [0.2, 0.25) is 0 Å². The Hall–Kier alpha value is -0.860. The topological polar surface area (TPSA) is 29.3 Å². The summed E-state index contributed by atoms with van der Waals surface area (Å²) in [4.78, 5) is 2.23. The van der Waals surface area contributed by atoms with E-state index in [4.69, 9.17) is 5.73 Å². The first kappa shape index (κ1) is 12.2. The van der Waals surface area contributed by atoms with Gasteiger partial charge in [0.25, 0.3) is 0 Å². The number of hydrogen-bond donors (Lipinski definition) is 1. The highest BCUT2D eigenvalue weighted by Gasteiger charge is 2.22. The standard InChI is InChI=1S/C13H22N2/c1-13(2,15(3)4)12-7-5-6-11(10-12)8-9-14/h5-7,10H,8-9,14H2,1-4H3. The molecule has 1 rings (SSSR count). The van der Waals surface area contributed by atoms with Crippen molar-refractivity contribution >= 4 is 0 Å². The van der Waals surface area contributed by atoms with Gasteiger partial charge in [0.15, 0.2) is 0 Å². The summed E-state index contributed by atoms with van der Waals surface area (Å²) in [7, 11) is 4.21. The first-order valence-electron chi connectivity index (χ1n) is 5.45. The van der Waals surface area contributed by atoms with E-state index in [-0.39, 0.29) is 5.54 Å². The Morgan fingerprint density at radius 3 is 2.47 bits per heavy atom. The monoisotopic (exact) mass is 206 g/mol. The van der Waals surface area contributed by atoms with Gasteiger partial charge in [-0.05, 0) is 52.0 Å². The molecule has 0 radical (unpaired) electrons. The molecule has 0 fully saturated rings. The van der Waals surface area contributed by atoms with Crippen LogP contribution in [0.5, 0.6) is 0 Å². The average Bonchev–Trinajstić information content (AvgIpc) is 2.18. The third-order valence-corrected chi connectivity index (χ3v) is 3.18. The maximum atomic E-state index is 5.57. The van der Waals surface area contributed by atoms with Crippen molar-refractivity contribution in [1.29, 1.82) is 0 Å². The highest BCUT2D eigenvalue weighted by atomic mass is 15.1. The van der Waals surface area contributed by atoms with Crippen LogP contribution in [-0.2, 0) is 12.0 Å². The molecule has 0 aliphatic heterocycles. The van der Waals surface area contributed by atoms with E-state index in [1.54, 1.807) is 0 Å². The molecule has 15 heavy (non-hydrogen) atoms. The molecule has 84 valence electrons. The third-order valence-electron chi connectivity index (χ3n) is 3.18. The highest BCUT2D eigenvalue weighted by Crippen LogP contribution is 2.25. The van der Waals surface area contributed by atoms with Crippen molar-refractivity contribution in [2.75, 3.05) is 20.6 Å². The zero-order valence-electron chi connectivity index (χ0n) is 10.2. The van der Waals surface area contributed by atoms with Crippen LogP contribution in [0.3, 0.4) is 0 Å². The van der Waals surface area contributed by atoms with Gasteiger partial charge in [-0.25, -0.2) is 0 Å². The van der Waals surface area contributed by atoms with Crippen LogP contribution in [0.15, 0.2) is 24.3 Å². The molecule has 2 nitrogen and oxygen atoms in total. The molecule has 1 aromatic rings. The van der Waals surface area contributed by atoms with Crippen LogP contribution >= 0.6 is 0 Å². The van der Waals surface area contributed by atoms with Crippen molar-refractivity contribution in [1.82, 2.24) is 4.90 Å². The lowest BCUT2D eigenvalue weighted by atomic mass is 9.91. The lowest BCUT2D eigenvalue weighted by Crippen LogP contribution is -2.35. The molecule has 2 heteroatoms. The molecule has 1 aromatic carbocycles. The summed E-state index contributed by atoms with van der Waals surface area (Å²) in [5.41, 5.74) is 8.31. The van der Waals surface area contributed by atoms with E-state index in [1.165, 1.54) is 11.1 Å². The largest absolute Gasteiger partial charge is 0.330 e. The minimum atomic E-state index is 0.0740. The first-order valence-corrected chi connectivity index (χ1v) is 5.45. The van der Waals surface area contributed by atoms with E-state index in [2.05, 4.69) is 57.1 Å². The number of rotatable bonds is 4. The summed E-state index contributed by atoms with van der Waals surface area (Å²) in [5, 5.41) is 0. The van der Waals surface area contributed by atoms with E-state index >= 15 is 0 Å². The van der Waals surface area contributed by atoms with Crippen LogP contribution in [0, 0.1) is 0 Å². The zero-order valence-corrected chi connectivity index (χ0v) is 10.2. The van der Waals surface area contributed by atoms with Crippen LogP contribution in [0.4, 0.5) is 0 Å². The molecular weight excluding hydrogens is 184 g/mol. The van der Waals surface area contributed by atoms with Crippen LogP contribution in [-0.4, -0.2) is 25.5 Å². The second-order valence-corrected chi connectivity index (χ2v) is 4.69. The number of nitrogens with two attached hydrogens (primary N) is 1. The highest BCUT2D eigenvalue weighted by molar-refractivity contribution is 5.28. The van der Waals surface area contributed by atoms with Crippen molar-refractivity contribution in [2.24, 2.45) is 5.73 Å². The Morgan fingerprint density at radius 2 is 1.93 bits per heavy atom. The fourth-order valence-corrected chi connectivity index (χ4v) is 1.53. The summed E-state index contributed by atoms with van der Waals surface area (Å²) in [6.07, 6.45) is 0.956. The van der Waals surface area contributed by atoms with Gasteiger partial charge >= 0.3 is 0 Å². The van der Waals surface area contributed by atoms with Gasteiger partial charge in [0.1, 0.15) is 0 Å². The van der Waals surface area contributed by atoms with Crippen LogP contribution in [0.1, 0.15) is 25.0 Å². The summed E-state index contributed by atoms with van der Waals surface area (Å²) < 4.78 is 0. The molecule has 0 unspecified atom stereocenters. The maximum absolute atomic E-state index is 5.57. The molecule has 0 bridgehead atoms. The van der Waals surface area contributed by atoms with Crippen molar-refractivity contribution < 1.29 is 0 Å². The molecule has 0 saturated carbocycles. The Morgan fingerprint density at radius 1 is 1.27 bits per heavy atom. The van der Waals surface area contributed by atoms with Gasteiger partial charge in [0, 0.05) is 5.54 Å². The smallest absolute Gasteiger partial charge is 0.0398 e. The number of hydrogen-bond acceptors (Lipinski definition) is 2. The fraction of sp³-hybridized carbons (Fsp3) is 0.538.